The average Bonchev–Trinajstić information content (AvgIpc) is 2.30. The third-order valence-electron chi connectivity index (χ3n) is 2.20. The first-order valence-corrected chi connectivity index (χ1v) is 5.54. The summed E-state index contributed by atoms with van der Waals surface area (Å²) in [6.07, 6.45) is 0.811. The molecule has 1 rings (SSSR count). The van der Waals surface area contributed by atoms with Gasteiger partial charge in [0.15, 0.2) is 11.6 Å². The maximum absolute atomic E-state index is 13.5. The average molecular weight is 240 g/mol. The lowest BCUT2D eigenvalue weighted by Gasteiger charge is -2.07. The standard InChI is InChI=1S/C12H17FN2O2/c1-3-17-11-6-4-9(8-10(11)13)5-7-12(16)15-14-2/h4,6,8,14H,3,5,7H2,1-2H3,(H,15,16). The van der Waals surface area contributed by atoms with E-state index in [1.165, 1.54) is 6.07 Å². The number of hydrogen-bond donors (Lipinski definition) is 2. The quantitative estimate of drug-likeness (QED) is 0.739. The van der Waals surface area contributed by atoms with E-state index in [2.05, 4.69) is 10.9 Å². The van der Waals surface area contributed by atoms with Gasteiger partial charge in [-0.3, -0.25) is 10.2 Å². The Morgan fingerprint density at radius 3 is 2.82 bits per heavy atom. The van der Waals surface area contributed by atoms with Crippen LogP contribution in [0.25, 0.3) is 0 Å². The van der Waals surface area contributed by atoms with Gasteiger partial charge >= 0.3 is 0 Å². The van der Waals surface area contributed by atoms with Gasteiger partial charge in [-0.25, -0.2) is 9.82 Å². The SMILES string of the molecule is CCOc1ccc(CCC(=O)NNC)cc1F. The highest BCUT2D eigenvalue weighted by Crippen LogP contribution is 2.18. The number of ether oxygens (including phenoxy) is 1. The zero-order valence-electron chi connectivity index (χ0n) is 10.0. The number of nitrogens with one attached hydrogen (secondary N) is 2. The zero-order valence-corrected chi connectivity index (χ0v) is 10.0. The smallest absolute Gasteiger partial charge is 0.234 e. The Hall–Kier alpha value is -1.62. The van der Waals surface area contributed by atoms with Crippen LogP contribution < -0.4 is 15.6 Å². The van der Waals surface area contributed by atoms with Crippen molar-refractivity contribution in [1.29, 1.82) is 0 Å². The first kappa shape index (κ1) is 13.4. The molecule has 0 fully saturated rings. The van der Waals surface area contributed by atoms with Gasteiger partial charge in [0.2, 0.25) is 5.91 Å². The van der Waals surface area contributed by atoms with E-state index in [4.69, 9.17) is 4.74 Å². The van der Waals surface area contributed by atoms with Gasteiger partial charge in [-0.05, 0) is 31.0 Å². The minimum Gasteiger partial charge on any atom is -0.491 e. The fraction of sp³-hybridized carbons (Fsp3) is 0.417. The molecule has 0 aromatic heterocycles. The van der Waals surface area contributed by atoms with Crippen molar-refractivity contribution in [2.75, 3.05) is 13.7 Å². The van der Waals surface area contributed by atoms with E-state index in [-0.39, 0.29) is 11.7 Å². The summed E-state index contributed by atoms with van der Waals surface area (Å²) >= 11 is 0. The van der Waals surface area contributed by atoms with Gasteiger partial charge in [0.25, 0.3) is 0 Å². The number of hydrazine groups is 1. The largest absolute Gasteiger partial charge is 0.491 e. The number of amides is 1. The molecule has 0 spiro atoms. The van der Waals surface area contributed by atoms with Gasteiger partial charge in [0.05, 0.1) is 6.61 Å². The summed E-state index contributed by atoms with van der Waals surface area (Å²) in [6.45, 7) is 2.23. The van der Waals surface area contributed by atoms with Crippen LogP contribution in [0.15, 0.2) is 18.2 Å². The molecule has 0 atom stereocenters. The molecule has 0 saturated heterocycles. The lowest BCUT2D eigenvalue weighted by atomic mass is 10.1. The molecule has 17 heavy (non-hydrogen) atoms. The number of aryl methyl sites for hydroxylation is 1. The van der Waals surface area contributed by atoms with Crippen LogP contribution in [-0.2, 0) is 11.2 Å². The van der Waals surface area contributed by atoms with Crippen LogP contribution in [0.4, 0.5) is 4.39 Å². The lowest BCUT2D eigenvalue weighted by Crippen LogP contribution is -2.34. The predicted molar refractivity (Wildman–Crippen MR) is 63.1 cm³/mol. The lowest BCUT2D eigenvalue weighted by molar-refractivity contribution is -0.121. The monoisotopic (exact) mass is 240 g/mol. The number of hydrogen-bond acceptors (Lipinski definition) is 3. The molecule has 0 unspecified atom stereocenters. The highest BCUT2D eigenvalue weighted by Gasteiger charge is 2.06. The second-order valence-electron chi connectivity index (χ2n) is 3.50. The highest BCUT2D eigenvalue weighted by molar-refractivity contribution is 5.75. The Morgan fingerprint density at radius 2 is 2.24 bits per heavy atom. The van der Waals surface area contributed by atoms with Crippen molar-refractivity contribution in [1.82, 2.24) is 10.9 Å². The van der Waals surface area contributed by atoms with E-state index >= 15 is 0 Å². The van der Waals surface area contributed by atoms with E-state index in [0.717, 1.165) is 5.56 Å². The summed E-state index contributed by atoms with van der Waals surface area (Å²) < 4.78 is 18.6. The second-order valence-corrected chi connectivity index (χ2v) is 3.50. The minimum absolute atomic E-state index is 0.123. The van der Waals surface area contributed by atoms with Gasteiger partial charge in [0.1, 0.15) is 0 Å². The molecule has 1 aromatic carbocycles. The summed E-state index contributed by atoms with van der Waals surface area (Å²) in [6, 6.07) is 4.75. The van der Waals surface area contributed by atoms with Crippen molar-refractivity contribution in [2.24, 2.45) is 0 Å². The third kappa shape index (κ3) is 4.40. The van der Waals surface area contributed by atoms with Crippen molar-refractivity contribution in [3.8, 4) is 5.75 Å². The number of rotatable bonds is 6. The van der Waals surface area contributed by atoms with Crippen molar-refractivity contribution in [2.45, 2.75) is 19.8 Å². The van der Waals surface area contributed by atoms with Crippen molar-refractivity contribution in [3.05, 3.63) is 29.6 Å². The van der Waals surface area contributed by atoms with E-state index in [1.807, 2.05) is 0 Å². The molecule has 0 aliphatic carbocycles. The van der Waals surface area contributed by atoms with Gasteiger partial charge in [-0.15, -0.1) is 0 Å². The normalized spacial score (nSPS) is 10.1. The van der Waals surface area contributed by atoms with Crippen molar-refractivity contribution in [3.63, 3.8) is 0 Å². The Bertz CT molecular complexity index is 383. The maximum Gasteiger partial charge on any atom is 0.234 e. The molecule has 1 amide bonds. The molecular formula is C12H17FN2O2. The fourth-order valence-electron chi connectivity index (χ4n) is 1.43. The molecule has 0 saturated carbocycles. The van der Waals surface area contributed by atoms with E-state index in [9.17, 15) is 9.18 Å². The van der Waals surface area contributed by atoms with Gasteiger partial charge in [0, 0.05) is 13.5 Å². The van der Waals surface area contributed by atoms with E-state index in [0.29, 0.717) is 19.4 Å². The maximum atomic E-state index is 13.5. The highest BCUT2D eigenvalue weighted by atomic mass is 19.1. The van der Waals surface area contributed by atoms with Crippen molar-refractivity contribution >= 4 is 5.91 Å². The Kier molecular flexibility index (Phi) is 5.42. The molecule has 0 radical (unpaired) electrons. The van der Waals surface area contributed by atoms with Gasteiger partial charge < -0.3 is 4.74 Å². The molecule has 5 heteroatoms. The summed E-state index contributed by atoms with van der Waals surface area (Å²) in [5.41, 5.74) is 5.78. The summed E-state index contributed by atoms with van der Waals surface area (Å²) in [5.74, 6) is -0.268. The topological polar surface area (TPSA) is 50.4 Å². The third-order valence-corrected chi connectivity index (χ3v) is 2.20. The van der Waals surface area contributed by atoms with Crippen LogP contribution in [0.5, 0.6) is 5.75 Å². The first-order chi connectivity index (χ1) is 8.17. The second kappa shape index (κ2) is 6.85. The molecule has 0 heterocycles. The molecule has 94 valence electrons. The number of carbonyl (C=O) groups excluding carboxylic acids is 1. The fourth-order valence-corrected chi connectivity index (χ4v) is 1.43. The van der Waals surface area contributed by atoms with Crippen LogP contribution in [0.1, 0.15) is 18.9 Å². The van der Waals surface area contributed by atoms with Crippen LogP contribution in [0.3, 0.4) is 0 Å². The molecule has 4 nitrogen and oxygen atoms in total. The van der Waals surface area contributed by atoms with Crippen LogP contribution in [0, 0.1) is 5.82 Å². The van der Waals surface area contributed by atoms with Crippen LogP contribution >= 0.6 is 0 Å². The van der Waals surface area contributed by atoms with E-state index < -0.39 is 5.82 Å². The Labute approximate surface area is 100 Å². The molecule has 0 bridgehead atoms. The number of halogens is 1. The molecule has 2 N–H and O–H groups in total. The zero-order chi connectivity index (χ0) is 12.7. The number of carbonyl (C=O) groups is 1. The predicted octanol–water partition coefficient (Wildman–Crippen LogP) is 1.41. The van der Waals surface area contributed by atoms with Crippen LogP contribution in [0.2, 0.25) is 0 Å². The van der Waals surface area contributed by atoms with Crippen LogP contribution in [-0.4, -0.2) is 19.6 Å². The molecule has 1 aromatic rings. The van der Waals surface area contributed by atoms with Crippen molar-refractivity contribution < 1.29 is 13.9 Å². The summed E-state index contributed by atoms with van der Waals surface area (Å²) in [4.78, 5) is 11.2. The first-order valence-electron chi connectivity index (χ1n) is 5.54. The molecular weight excluding hydrogens is 223 g/mol. The summed E-state index contributed by atoms with van der Waals surface area (Å²) in [5, 5.41) is 0. The number of benzene rings is 1. The molecule has 0 aliphatic heterocycles. The summed E-state index contributed by atoms with van der Waals surface area (Å²) in [7, 11) is 1.62. The Balaban J connectivity index is 2.55. The van der Waals surface area contributed by atoms with Gasteiger partial charge in [-0.1, -0.05) is 6.07 Å². The Morgan fingerprint density at radius 1 is 1.47 bits per heavy atom. The minimum atomic E-state index is -0.390. The van der Waals surface area contributed by atoms with E-state index in [1.54, 1.807) is 26.1 Å². The molecule has 0 aliphatic rings. The van der Waals surface area contributed by atoms with Gasteiger partial charge in [-0.2, -0.15) is 0 Å².